The summed E-state index contributed by atoms with van der Waals surface area (Å²) in [6, 6.07) is 64.9. The van der Waals surface area contributed by atoms with Crippen molar-refractivity contribution in [1.82, 2.24) is 4.57 Å². The van der Waals surface area contributed by atoms with E-state index in [1.807, 2.05) is 17.4 Å². The van der Waals surface area contributed by atoms with E-state index in [0.29, 0.717) is 0 Å². The zero-order chi connectivity index (χ0) is 40.3. The third kappa shape index (κ3) is 5.84. The van der Waals surface area contributed by atoms with Crippen LogP contribution in [0.3, 0.4) is 0 Å². The number of fused-ring (bicyclic) bond motifs is 9. The van der Waals surface area contributed by atoms with Crippen LogP contribution in [0, 0.1) is 5.92 Å². The fraction of sp³-hybridized carbons (Fsp3) is 0.0714. The summed E-state index contributed by atoms with van der Waals surface area (Å²) < 4.78 is 11.6. The minimum atomic E-state index is -0.126. The van der Waals surface area contributed by atoms with Crippen molar-refractivity contribution >= 4 is 86.5 Å². The van der Waals surface area contributed by atoms with Crippen molar-refractivity contribution < 1.29 is 4.42 Å². The number of nitrogens with zero attached hydrogens (tertiary/aromatic N) is 2. The second-order valence-electron chi connectivity index (χ2n) is 15.6. The number of furan rings is 1. The Morgan fingerprint density at radius 1 is 0.583 bits per heavy atom. The second-order valence-corrected chi connectivity index (χ2v) is 16.7. The third-order valence-electron chi connectivity index (χ3n) is 12.2. The quantitative estimate of drug-likeness (QED) is 0.111. The molecular formula is C56H40N2OS. The molecule has 8 aromatic carbocycles. The normalized spacial score (nSPS) is 13.1. The lowest BCUT2D eigenvalue weighted by atomic mass is 9.85. The molecule has 3 nitrogen and oxygen atoms in total. The predicted octanol–water partition coefficient (Wildman–Crippen LogP) is 15.8. The van der Waals surface area contributed by atoms with Crippen molar-refractivity contribution in [3.8, 4) is 16.8 Å². The van der Waals surface area contributed by atoms with E-state index >= 15 is 0 Å². The monoisotopic (exact) mass is 788 g/mol. The van der Waals surface area contributed by atoms with Crippen LogP contribution < -0.4 is 0 Å². The van der Waals surface area contributed by atoms with Crippen molar-refractivity contribution in [2.75, 3.05) is 0 Å². The molecule has 0 fully saturated rings. The van der Waals surface area contributed by atoms with Crippen LogP contribution >= 0.6 is 11.3 Å². The first kappa shape index (κ1) is 35.9. The summed E-state index contributed by atoms with van der Waals surface area (Å²) in [6.45, 7) is 8.41. The van der Waals surface area contributed by atoms with Gasteiger partial charge in [0.15, 0.2) is 0 Å². The van der Waals surface area contributed by atoms with Gasteiger partial charge < -0.3 is 8.98 Å². The van der Waals surface area contributed by atoms with Crippen molar-refractivity contribution in [3.63, 3.8) is 0 Å². The van der Waals surface area contributed by atoms with Crippen LogP contribution in [0.4, 0.5) is 0 Å². The Morgan fingerprint density at radius 3 is 1.97 bits per heavy atom. The minimum absolute atomic E-state index is 0.0428. The largest absolute Gasteiger partial charge is 0.456 e. The molecule has 0 saturated heterocycles. The molecule has 0 aliphatic rings. The molecule has 2 atom stereocenters. The summed E-state index contributed by atoms with van der Waals surface area (Å²) in [5, 5.41) is 7.28. The summed E-state index contributed by atoms with van der Waals surface area (Å²) in [5.74, 6) is 0.0428. The van der Waals surface area contributed by atoms with E-state index in [9.17, 15) is 0 Å². The molecule has 0 spiro atoms. The van der Waals surface area contributed by atoms with Gasteiger partial charge >= 0.3 is 0 Å². The number of para-hydroxylation sites is 2. The number of hydrogen-bond acceptors (Lipinski definition) is 3. The molecule has 11 aromatic rings. The lowest BCUT2D eigenvalue weighted by molar-refractivity contribution is 0.584. The van der Waals surface area contributed by atoms with Crippen LogP contribution in [0.25, 0.3) is 86.3 Å². The maximum Gasteiger partial charge on any atom is 0.136 e. The maximum atomic E-state index is 6.57. The van der Waals surface area contributed by atoms with E-state index in [1.165, 1.54) is 58.8 Å². The standard InChI is InChI=1S/C56H40N2OS/c1-4-41(37-17-7-5-8-18-37)35(2)54(38-19-9-6-10-20-38)57-36(3)39-29-31-45-48-33-40(30-32-52(48)59-53(45)34-39)42-23-15-24-46-47-25-16-28-51(56(47)60-55(42)46)58-49-26-13-11-21-43(49)44-22-12-14-27-50(44)58/h5-35,54H,1H2,2-3H3. The maximum absolute atomic E-state index is 6.57. The number of benzene rings is 8. The van der Waals surface area contributed by atoms with Gasteiger partial charge in [-0.3, -0.25) is 4.99 Å². The molecule has 0 aliphatic carbocycles. The fourth-order valence-electron chi connectivity index (χ4n) is 9.27. The smallest absolute Gasteiger partial charge is 0.136 e. The number of aliphatic imine (C=N–C) groups is 1. The molecule has 60 heavy (non-hydrogen) atoms. The molecule has 3 aromatic heterocycles. The van der Waals surface area contributed by atoms with E-state index in [1.54, 1.807) is 0 Å². The lowest BCUT2D eigenvalue weighted by Gasteiger charge is -2.24. The minimum Gasteiger partial charge on any atom is -0.456 e. The molecule has 3 heterocycles. The molecule has 286 valence electrons. The average Bonchev–Trinajstić information content (AvgIpc) is 3.98. The number of aromatic nitrogens is 1. The summed E-state index contributed by atoms with van der Waals surface area (Å²) in [6.07, 6.45) is 0. The van der Waals surface area contributed by atoms with Gasteiger partial charge in [-0.05, 0) is 77.2 Å². The van der Waals surface area contributed by atoms with Gasteiger partial charge in [-0.2, -0.15) is 0 Å². The van der Waals surface area contributed by atoms with E-state index in [2.05, 4.69) is 207 Å². The molecule has 0 radical (unpaired) electrons. The zero-order valence-electron chi connectivity index (χ0n) is 33.4. The first-order valence-corrected chi connectivity index (χ1v) is 21.3. The summed E-state index contributed by atoms with van der Waals surface area (Å²) in [5.41, 5.74) is 16.3. The average molecular weight is 789 g/mol. The van der Waals surface area contributed by atoms with Gasteiger partial charge in [0.25, 0.3) is 0 Å². The lowest BCUT2D eigenvalue weighted by Crippen LogP contribution is -2.12. The molecule has 0 saturated carbocycles. The number of hydrogen-bond donors (Lipinski definition) is 0. The van der Waals surface area contributed by atoms with Gasteiger partial charge in [0.05, 0.1) is 27.5 Å². The van der Waals surface area contributed by atoms with Crippen LogP contribution in [-0.2, 0) is 0 Å². The number of rotatable bonds is 8. The van der Waals surface area contributed by atoms with Gasteiger partial charge in [-0.25, -0.2) is 0 Å². The highest BCUT2D eigenvalue weighted by molar-refractivity contribution is 7.26. The van der Waals surface area contributed by atoms with Crippen LogP contribution in [0.2, 0.25) is 0 Å². The predicted molar refractivity (Wildman–Crippen MR) is 256 cm³/mol. The molecule has 0 N–H and O–H groups in total. The van der Waals surface area contributed by atoms with Crippen LogP contribution in [-0.4, -0.2) is 10.3 Å². The number of thiophene rings is 1. The second kappa shape index (κ2) is 14.5. The Bertz CT molecular complexity index is 3470. The topological polar surface area (TPSA) is 30.4 Å². The Morgan fingerprint density at radius 2 is 1.23 bits per heavy atom. The summed E-state index contributed by atoms with van der Waals surface area (Å²) in [7, 11) is 0. The molecule has 0 bridgehead atoms. The van der Waals surface area contributed by atoms with E-state index < -0.39 is 0 Å². The molecule has 4 heteroatoms. The summed E-state index contributed by atoms with van der Waals surface area (Å²) in [4.78, 5) is 5.41. The third-order valence-corrected chi connectivity index (χ3v) is 13.5. The summed E-state index contributed by atoms with van der Waals surface area (Å²) >= 11 is 1.88. The van der Waals surface area contributed by atoms with Gasteiger partial charge in [0.1, 0.15) is 11.2 Å². The first-order valence-electron chi connectivity index (χ1n) is 20.5. The zero-order valence-corrected chi connectivity index (χ0v) is 34.2. The van der Waals surface area contributed by atoms with E-state index in [0.717, 1.165) is 49.9 Å². The van der Waals surface area contributed by atoms with Gasteiger partial charge in [0.2, 0.25) is 0 Å². The van der Waals surface area contributed by atoms with E-state index in [4.69, 9.17) is 9.41 Å². The van der Waals surface area contributed by atoms with Crippen LogP contribution in [0.1, 0.15) is 36.6 Å². The molecule has 2 unspecified atom stereocenters. The van der Waals surface area contributed by atoms with Gasteiger partial charge in [0, 0.05) is 54.2 Å². The fourth-order valence-corrected chi connectivity index (χ4v) is 10.6. The van der Waals surface area contributed by atoms with Gasteiger partial charge in [-0.15, -0.1) is 17.1 Å². The van der Waals surface area contributed by atoms with Crippen LogP contribution in [0.15, 0.2) is 204 Å². The van der Waals surface area contributed by atoms with Crippen LogP contribution in [0.5, 0.6) is 0 Å². The Balaban J connectivity index is 0.987. The van der Waals surface area contributed by atoms with Crippen molar-refractivity contribution in [3.05, 3.63) is 211 Å². The molecule has 0 amide bonds. The Labute approximate surface area is 352 Å². The highest BCUT2D eigenvalue weighted by Crippen LogP contribution is 2.45. The SMILES string of the molecule is C=C=C(c1ccccc1)C(C)C(N=C(C)c1ccc2c(c1)oc1ccc(-c3cccc4c3sc3c(-n5c6ccccc6c6ccccc65)cccc34)cc12)c1ccccc1. The highest BCUT2D eigenvalue weighted by Gasteiger charge is 2.24. The highest BCUT2D eigenvalue weighted by atomic mass is 32.1. The van der Waals surface area contributed by atoms with E-state index in [-0.39, 0.29) is 12.0 Å². The van der Waals surface area contributed by atoms with Crippen molar-refractivity contribution in [2.24, 2.45) is 10.9 Å². The Hall–Kier alpha value is -7.23. The van der Waals surface area contributed by atoms with Gasteiger partial charge in [-0.1, -0.05) is 153 Å². The van der Waals surface area contributed by atoms with Crippen molar-refractivity contribution in [1.29, 1.82) is 0 Å². The molecule has 0 aliphatic heterocycles. The first-order chi connectivity index (χ1) is 29.6. The molecular weight excluding hydrogens is 749 g/mol. The molecule has 11 rings (SSSR count). The Kier molecular flexibility index (Phi) is 8.70. The van der Waals surface area contributed by atoms with Crippen molar-refractivity contribution in [2.45, 2.75) is 19.9 Å².